The van der Waals surface area contributed by atoms with E-state index in [1.807, 2.05) is 49.5 Å². The number of H-pyrrole nitrogens is 1. The Hall–Kier alpha value is -4.64. The Morgan fingerprint density at radius 2 is 2.00 bits per heavy atom. The van der Waals surface area contributed by atoms with Crippen molar-refractivity contribution in [2.24, 2.45) is 0 Å². The zero-order chi connectivity index (χ0) is 28.6. The van der Waals surface area contributed by atoms with Gasteiger partial charge in [0.25, 0.3) is 0 Å². The third-order valence-electron chi connectivity index (χ3n) is 7.98. The van der Waals surface area contributed by atoms with Gasteiger partial charge in [0, 0.05) is 25.2 Å². The number of aromatic nitrogens is 4. The predicted octanol–water partition coefficient (Wildman–Crippen LogP) is 5.68. The van der Waals surface area contributed by atoms with E-state index in [4.69, 9.17) is 28.6 Å². The van der Waals surface area contributed by atoms with Gasteiger partial charge in [-0.05, 0) is 61.1 Å². The number of hydrogen-bond donors (Lipinski definition) is 2. The normalized spacial score (nSPS) is 17.7. The lowest BCUT2D eigenvalue weighted by atomic mass is 10.1. The van der Waals surface area contributed by atoms with Crippen LogP contribution in [0.3, 0.4) is 0 Å². The highest BCUT2D eigenvalue weighted by Gasteiger charge is 2.24. The quantitative estimate of drug-likeness (QED) is 0.227. The number of carbonyl (C=O) groups is 1. The van der Waals surface area contributed by atoms with Crippen LogP contribution in [0, 0.1) is 6.92 Å². The molecule has 11 heteroatoms. The molecule has 5 aromatic rings. The molecule has 11 nitrogen and oxygen atoms in total. The maximum absolute atomic E-state index is 11.3. The number of aromatic amines is 1. The molecule has 2 fully saturated rings. The van der Waals surface area contributed by atoms with E-state index in [1.165, 1.54) is 0 Å². The number of morpholine rings is 1. The fourth-order valence-electron chi connectivity index (χ4n) is 5.84. The van der Waals surface area contributed by atoms with Crippen LogP contribution in [0.5, 0.6) is 11.6 Å². The van der Waals surface area contributed by atoms with Crippen molar-refractivity contribution in [2.75, 3.05) is 32.1 Å². The number of oxazole rings is 1. The lowest BCUT2D eigenvalue weighted by Gasteiger charge is -2.30. The van der Waals surface area contributed by atoms with E-state index in [0.29, 0.717) is 54.5 Å². The molecule has 0 spiro atoms. The Morgan fingerprint density at radius 3 is 2.83 bits per heavy atom. The maximum Gasteiger partial charge on any atom is 0.232 e. The van der Waals surface area contributed by atoms with Crippen LogP contribution < -0.4 is 14.8 Å². The SMILES string of the molecule is COc1cc(C2CN(C=O)CCO2)ccc1Nc1nc(OC2CCCC2)c2c(-c3ccc4nc(C)oc4c3)c[nH]c2n1. The molecular formula is C31H32N6O5. The van der Waals surface area contributed by atoms with Crippen LogP contribution >= 0.6 is 0 Å². The number of ether oxygens (including phenoxy) is 3. The van der Waals surface area contributed by atoms with Gasteiger partial charge >= 0.3 is 0 Å². The lowest BCUT2D eigenvalue weighted by Crippen LogP contribution is -2.37. The fourth-order valence-corrected chi connectivity index (χ4v) is 5.84. The number of benzene rings is 2. The van der Waals surface area contributed by atoms with E-state index >= 15 is 0 Å². The average Bonchev–Trinajstić information content (AvgIpc) is 3.76. The second-order valence-corrected chi connectivity index (χ2v) is 10.8. The third kappa shape index (κ3) is 5.00. The zero-order valence-corrected chi connectivity index (χ0v) is 23.6. The number of carbonyl (C=O) groups excluding carboxylic acids is 1. The predicted molar refractivity (Wildman–Crippen MR) is 157 cm³/mol. The first-order valence-corrected chi connectivity index (χ1v) is 14.3. The van der Waals surface area contributed by atoms with Crippen molar-refractivity contribution in [1.82, 2.24) is 24.8 Å². The van der Waals surface area contributed by atoms with Crippen LogP contribution in [0.4, 0.5) is 11.6 Å². The van der Waals surface area contributed by atoms with Gasteiger partial charge in [0.15, 0.2) is 11.5 Å². The molecule has 1 atom stereocenters. The molecule has 3 aromatic heterocycles. The first-order valence-electron chi connectivity index (χ1n) is 14.3. The number of amides is 1. The van der Waals surface area contributed by atoms with Gasteiger partial charge in [-0.25, -0.2) is 4.98 Å². The maximum atomic E-state index is 11.3. The number of hydrogen-bond acceptors (Lipinski definition) is 9. The number of aryl methyl sites for hydroxylation is 1. The number of methoxy groups -OCH3 is 1. The van der Waals surface area contributed by atoms with E-state index in [0.717, 1.165) is 65.3 Å². The molecule has 2 aliphatic rings. The summed E-state index contributed by atoms with van der Waals surface area (Å²) >= 11 is 0. The van der Waals surface area contributed by atoms with Crippen LogP contribution in [0.1, 0.15) is 43.2 Å². The monoisotopic (exact) mass is 568 g/mol. The van der Waals surface area contributed by atoms with Crippen LogP contribution in [0.25, 0.3) is 33.3 Å². The van der Waals surface area contributed by atoms with Crippen molar-refractivity contribution in [2.45, 2.75) is 44.8 Å². The summed E-state index contributed by atoms with van der Waals surface area (Å²) in [5, 5.41) is 4.15. The van der Waals surface area contributed by atoms with E-state index in [1.54, 1.807) is 12.0 Å². The zero-order valence-electron chi connectivity index (χ0n) is 23.6. The number of anilines is 2. The molecule has 0 bridgehead atoms. The van der Waals surface area contributed by atoms with Gasteiger partial charge in [0.05, 0.1) is 31.3 Å². The minimum Gasteiger partial charge on any atom is -0.495 e. The fraction of sp³-hybridized carbons (Fsp3) is 0.355. The smallest absolute Gasteiger partial charge is 0.232 e. The second kappa shape index (κ2) is 11.0. The summed E-state index contributed by atoms with van der Waals surface area (Å²) in [4.78, 5) is 30.4. The molecule has 7 rings (SSSR count). The first-order chi connectivity index (χ1) is 20.6. The molecule has 2 N–H and O–H groups in total. The van der Waals surface area contributed by atoms with Gasteiger partial charge in [0.2, 0.25) is 18.2 Å². The minimum absolute atomic E-state index is 0.105. The molecule has 42 heavy (non-hydrogen) atoms. The van der Waals surface area contributed by atoms with Gasteiger partial charge in [-0.2, -0.15) is 9.97 Å². The summed E-state index contributed by atoms with van der Waals surface area (Å²) in [5.74, 6) is 2.16. The van der Waals surface area contributed by atoms with Crippen LogP contribution in [-0.4, -0.2) is 64.2 Å². The van der Waals surface area contributed by atoms with Gasteiger partial charge in [0.1, 0.15) is 29.1 Å². The van der Waals surface area contributed by atoms with Crippen molar-refractivity contribution in [3.05, 3.63) is 54.0 Å². The molecule has 1 saturated carbocycles. The van der Waals surface area contributed by atoms with Crippen LogP contribution in [-0.2, 0) is 9.53 Å². The Labute approximate surface area is 242 Å². The number of fused-ring (bicyclic) bond motifs is 2. The number of rotatable bonds is 8. The summed E-state index contributed by atoms with van der Waals surface area (Å²) in [6.07, 6.45) is 6.96. The molecular weight excluding hydrogens is 536 g/mol. The van der Waals surface area contributed by atoms with Crippen molar-refractivity contribution < 1.29 is 23.4 Å². The molecule has 1 amide bonds. The summed E-state index contributed by atoms with van der Waals surface area (Å²) in [7, 11) is 1.62. The molecule has 0 radical (unpaired) electrons. The Bertz CT molecular complexity index is 1760. The van der Waals surface area contributed by atoms with E-state index in [-0.39, 0.29) is 12.2 Å². The molecule has 216 valence electrons. The van der Waals surface area contributed by atoms with Crippen molar-refractivity contribution in [3.63, 3.8) is 0 Å². The van der Waals surface area contributed by atoms with Crippen molar-refractivity contribution in [1.29, 1.82) is 0 Å². The summed E-state index contributed by atoms with van der Waals surface area (Å²) < 4.78 is 23.9. The van der Waals surface area contributed by atoms with E-state index < -0.39 is 0 Å². The standard InChI is InChI=1S/C31H32N6O5/c1-18-33-24-9-7-19(13-26(24)41-18)22-15-32-29-28(22)30(42-21-5-3-4-6-21)36-31(35-29)34-23-10-8-20(14-25(23)39-2)27-16-37(17-38)11-12-40-27/h7-10,13-15,17,21,27H,3-6,11-12,16H2,1-2H3,(H2,32,34,35,36). The topological polar surface area (TPSA) is 128 Å². The Balaban J connectivity index is 1.24. The molecule has 4 heterocycles. The van der Waals surface area contributed by atoms with Gasteiger partial charge in [-0.15, -0.1) is 0 Å². The molecule has 1 aliphatic heterocycles. The van der Waals surface area contributed by atoms with Gasteiger partial charge in [-0.3, -0.25) is 4.79 Å². The van der Waals surface area contributed by atoms with Gasteiger partial charge in [-0.1, -0.05) is 12.1 Å². The van der Waals surface area contributed by atoms with Crippen LogP contribution in [0.15, 0.2) is 47.0 Å². The highest BCUT2D eigenvalue weighted by atomic mass is 16.5. The Morgan fingerprint density at radius 1 is 1.12 bits per heavy atom. The highest BCUT2D eigenvalue weighted by molar-refractivity contribution is 5.99. The number of nitrogens with zero attached hydrogens (tertiary/aromatic N) is 4. The average molecular weight is 569 g/mol. The highest BCUT2D eigenvalue weighted by Crippen LogP contribution is 2.39. The summed E-state index contributed by atoms with van der Waals surface area (Å²) in [6, 6.07) is 11.8. The number of nitrogens with one attached hydrogen (secondary N) is 2. The van der Waals surface area contributed by atoms with Crippen molar-refractivity contribution >= 4 is 40.2 Å². The molecule has 2 aromatic carbocycles. The van der Waals surface area contributed by atoms with Crippen molar-refractivity contribution in [3.8, 4) is 22.8 Å². The lowest BCUT2D eigenvalue weighted by molar-refractivity contribution is -0.125. The van der Waals surface area contributed by atoms with Crippen LogP contribution in [0.2, 0.25) is 0 Å². The second-order valence-electron chi connectivity index (χ2n) is 10.8. The first kappa shape index (κ1) is 26.3. The molecule has 1 aliphatic carbocycles. The van der Waals surface area contributed by atoms with Gasteiger partial charge < -0.3 is 33.8 Å². The summed E-state index contributed by atoms with van der Waals surface area (Å²) in [5.41, 5.74) is 5.72. The van der Waals surface area contributed by atoms with E-state index in [2.05, 4.69) is 15.3 Å². The molecule has 1 saturated heterocycles. The largest absolute Gasteiger partial charge is 0.495 e. The van der Waals surface area contributed by atoms with E-state index in [9.17, 15) is 4.79 Å². The summed E-state index contributed by atoms with van der Waals surface area (Å²) in [6.45, 7) is 3.43. The molecule has 1 unspecified atom stereocenters. The Kier molecular flexibility index (Phi) is 6.87. The minimum atomic E-state index is -0.219. The third-order valence-corrected chi connectivity index (χ3v) is 7.98.